The minimum absolute atomic E-state index is 0.329. The molecule has 1 aliphatic carbocycles. The molecule has 30 heavy (non-hydrogen) atoms. The molecule has 1 atom stereocenters. The summed E-state index contributed by atoms with van der Waals surface area (Å²) in [6, 6.07) is 5.26. The zero-order valence-corrected chi connectivity index (χ0v) is 18.8. The lowest BCUT2D eigenvalue weighted by atomic mass is 9.85. The summed E-state index contributed by atoms with van der Waals surface area (Å²) in [6.07, 6.45) is 10.3. The summed E-state index contributed by atoms with van der Waals surface area (Å²) in [5.74, 6) is 1.40. The summed E-state index contributed by atoms with van der Waals surface area (Å²) >= 11 is 0. The van der Waals surface area contributed by atoms with Crippen molar-refractivity contribution in [2.24, 2.45) is 0 Å². The molecule has 166 valence electrons. The first-order chi connectivity index (χ1) is 14.7. The molecule has 0 spiro atoms. The van der Waals surface area contributed by atoms with Gasteiger partial charge in [0.2, 0.25) is 5.91 Å². The average Bonchev–Trinajstić information content (AvgIpc) is 3.43. The number of fused-ring (bicyclic) bond motifs is 1. The molecule has 2 heterocycles. The van der Waals surface area contributed by atoms with Crippen molar-refractivity contribution in [2.75, 3.05) is 45.9 Å². The summed E-state index contributed by atoms with van der Waals surface area (Å²) < 4.78 is 6.13. The predicted octanol–water partition coefficient (Wildman–Crippen LogP) is 3.32. The zero-order valence-electron chi connectivity index (χ0n) is 18.8. The molecule has 0 saturated carbocycles. The van der Waals surface area contributed by atoms with E-state index in [0.29, 0.717) is 5.91 Å². The summed E-state index contributed by atoms with van der Waals surface area (Å²) in [7, 11) is 0. The van der Waals surface area contributed by atoms with Crippen molar-refractivity contribution in [1.82, 2.24) is 15.1 Å². The summed E-state index contributed by atoms with van der Waals surface area (Å²) in [4.78, 5) is 16.3. The zero-order chi connectivity index (χ0) is 20.8. The number of ether oxygens (including phenoxy) is 1. The fourth-order valence-electron chi connectivity index (χ4n) is 5.41. The Balaban J connectivity index is 1.14. The smallest absolute Gasteiger partial charge is 0.222 e. The molecule has 5 heteroatoms. The van der Waals surface area contributed by atoms with Crippen molar-refractivity contribution in [1.29, 1.82) is 0 Å². The van der Waals surface area contributed by atoms with Crippen LogP contribution in [0.3, 0.4) is 0 Å². The predicted molar refractivity (Wildman–Crippen MR) is 121 cm³/mol. The van der Waals surface area contributed by atoms with E-state index in [4.69, 9.17) is 4.74 Å². The number of nitrogens with one attached hydrogen (secondary N) is 1. The van der Waals surface area contributed by atoms with Crippen LogP contribution in [0.15, 0.2) is 12.1 Å². The second-order valence-corrected chi connectivity index (χ2v) is 9.26. The van der Waals surface area contributed by atoms with Gasteiger partial charge in [0.05, 0.1) is 6.61 Å². The molecule has 4 rings (SSSR count). The Morgan fingerprint density at radius 1 is 1.07 bits per heavy atom. The highest BCUT2D eigenvalue weighted by Crippen LogP contribution is 2.33. The molecule has 2 aliphatic heterocycles. The number of likely N-dealkylation sites (tertiary alicyclic amines) is 2. The number of hydrogen-bond donors (Lipinski definition) is 1. The van der Waals surface area contributed by atoms with E-state index < -0.39 is 0 Å². The fourth-order valence-corrected chi connectivity index (χ4v) is 5.41. The Bertz CT molecular complexity index is 715. The lowest BCUT2D eigenvalue weighted by Crippen LogP contribution is -2.37. The van der Waals surface area contributed by atoms with Crippen LogP contribution in [0.2, 0.25) is 0 Å². The summed E-state index contributed by atoms with van der Waals surface area (Å²) in [6.45, 7) is 9.38. The van der Waals surface area contributed by atoms with Crippen LogP contribution in [0, 0.1) is 6.92 Å². The van der Waals surface area contributed by atoms with Gasteiger partial charge in [-0.15, -0.1) is 0 Å². The Morgan fingerprint density at radius 2 is 1.90 bits per heavy atom. The van der Waals surface area contributed by atoms with Gasteiger partial charge in [-0.1, -0.05) is 6.07 Å². The largest absolute Gasteiger partial charge is 0.493 e. The van der Waals surface area contributed by atoms with E-state index in [2.05, 4.69) is 29.3 Å². The van der Waals surface area contributed by atoms with Gasteiger partial charge in [-0.2, -0.15) is 0 Å². The highest BCUT2D eigenvalue weighted by Gasteiger charge is 2.27. The number of carbonyl (C=O) groups is 1. The van der Waals surface area contributed by atoms with E-state index in [1.807, 2.05) is 4.90 Å². The first-order valence-electron chi connectivity index (χ1n) is 12.2. The third kappa shape index (κ3) is 5.36. The molecule has 0 radical (unpaired) electrons. The van der Waals surface area contributed by atoms with Crippen LogP contribution in [0.1, 0.15) is 61.6 Å². The highest BCUT2D eigenvalue weighted by molar-refractivity contribution is 5.77. The first kappa shape index (κ1) is 21.6. The van der Waals surface area contributed by atoms with Gasteiger partial charge in [0.15, 0.2) is 0 Å². The molecule has 5 nitrogen and oxygen atoms in total. The second kappa shape index (κ2) is 10.6. The van der Waals surface area contributed by atoms with E-state index in [-0.39, 0.29) is 0 Å². The van der Waals surface area contributed by atoms with Crippen molar-refractivity contribution in [3.05, 3.63) is 28.8 Å². The molecule has 0 bridgehead atoms. The maximum Gasteiger partial charge on any atom is 0.222 e. The standard InChI is InChI=1S/C25H39N3O2/c1-20-23-10-9-22(27-14-2-3-15-27)19-21(23)8-11-24(20)30-18-6-13-26-12-5-17-28-16-4-7-25(28)29/h8,11,22,26H,2-7,9-10,12-19H2,1H3. The molecule has 1 aromatic rings. The quantitative estimate of drug-likeness (QED) is 0.598. The summed E-state index contributed by atoms with van der Waals surface area (Å²) in [5.41, 5.74) is 4.44. The van der Waals surface area contributed by atoms with Gasteiger partial charge in [0.25, 0.3) is 0 Å². The van der Waals surface area contributed by atoms with Crippen molar-refractivity contribution in [3.8, 4) is 5.75 Å². The van der Waals surface area contributed by atoms with Crippen LogP contribution in [0.4, 0.5) is 0 Å². The topological polar surface area (TPSA) is 44.8 Å². The van der Waals surface area contributed by atoms with Crippen LogP contribution in [0.5, 0.6) is 5.75 Å². The van der Waals surface area contributed by atoms with E-state index >= 15 is 0 Å². The number of benzene rings is 1. The molecular formula is C25H39N3O2. The number of amides is 1. The van der Waals surface area contributed by atoms with Crippen molar-refractivity contribution >= 4 is 5.91 Å². The molecule has 1 amide bonds. The van der Waals surface area contributed by atoms with Gasteiger partial charge in [-0.25, -0.2) is 0 Å². The number of nitrogens with zero attached hydrogens (tertiary/aromatic N) is 2. The molecule has 1 aromatic carbocycles. The average molecular weight is 414 g/mol. The van der Waals surface area contributed by atoms with E-state index in [1.165, 1.54) is 56.3 Å². The third-order valence-corrected chi connectivity index (χ3v) is 7.19. The first-order valence-corrected chi connectivity index (χ1v) is 12.2. The van der Waals surface area contributed by atoms with Crippen molar-refractivity contribution in [3.63, 3.8) is 0 Å². The number of rotatable bonds is 10. The Morgan fingerprint density at radius 3 is 2.70 bits per heavy atom. The minimum atomic E-state index is 0.329. The van der Waals surface area contributed by atoms with Gasteiger partial charge < -0.3 is 19.9 Å². The molecule has 1 unspecified atom stereocenters. The van der Waals surface area contributed by atoms with E-state index in [0.717, 1.165) is 70.3 Å². The van der Waals surface area contributed by atoms with E-state index in [9.17, 15) is 4.79 Å². The Kier molecular flexibility index (Phi) is 7.67. The molecular weight excluding hydrogens is 374 g/mol. The Labute approximate surface area is 182 Å². The monoisotopic (exact) mass is 413 g/mol. The normalized spacial score (nSPS) is 22.0. The van der Waals surface area contributed by atoms with Crippen LogP contribution in [-0.4, -0.2) is 67.6 Å². The van der Waals surface area contributed by atoms with Crippen LogP contribution in [-0.2, 0) is 17.6 Å². The highest BCUT2D eigenvalue weighted by atomic mass is 16.5. The minimum Gasteiger partial charge on any atom is -0.493 e. The van der Waals surface area contributed by atoms with Gasteiger partial charge in [-0.05, 0) is 107 Å². The lowest BCUT2D eigenvalue weighted by molar-refractivity contribution is -0.127. The van der Waals surface area contributed by atoms with Gasteiger partial charge in [-0.3, -0.25) is 4.79 Å². The van der Waals surface area contributed by atoms with Gasteiger partial charge in [0.1, 0.15) is 5.75 Å². The second-order valence-electron chi connectivity index (χ2n) is 9.26. The van der Waals surface area contributed by atoms with Gasteiger partial charge >= 0.3 is 0 Å². The number of carbonyl (C=O) groups excluding carboxylic acids is 1. The molecule has 1 N–H and O–H groups in total. The van der Waals surface area contributed by atoms with Gasteiger partial charge in [0, 0.05) is 25.6 Å². The van der Waals surface area contributed by atoms with Crippen LogP contribution < -0.4 is 10.1 Å². The SMILES string of the molecule is Cc1c(OCCCNCCCN2CCCC2=O)ccc2c1CCC(N1CCCC1)C2. The lowest BCUT2D eigenvalue weighted by Gasteiger charge is -2.33. The molecule has 3 aliphatic rings. The molecule has 2 saturated heterocycles. The maximum atomic E-state index is 11.6. The molecule has 0 aromatic heterocycles. The van der Waals surface area contributed by atoms with Crippen LogP contribution >= 0.6 is 0 Å². The number of hydrogen-bond acceptors (Lipinski definition) is 4. The maximum absolute atomic E-state index is 11.6. The van der Waals surface area contributed by atoms with Crippen molar-refractivity contribution < 1.29 is 9.53 Å². The van der Waals surface area contributed by atoms with E-state index in [1.54, 1.807) is 5.56 Å². The third-order valence-electron chi connectivity index (χ3n) is 7.19. The Hall–Kier alpha value is -1.59. The van der Waals surface area contributed by atoms with Crippen molar-refractivity contribution in [2.45, 2.75) is 70.8 Å². The molecule has 2 fully saturated rings. The fraction of sp³-hybridized carbons (Fsp3) is 0.720. The summed E-state index contributed by atoms with van der Waals surface area (Å²) in [5, 5.41) is 3.48. The van der Waals surface area contributed by atoms with Crippen LogP contribution in [0.25, 0.3) is 0 Å².